The number of hydrogen-bond acceptors (Lipinski definition) is 4. The second-order valence-electron chi connectivity index (χ2n) is 2.43. The van der Waals surface area contributed by atoms with Gasteiger partial charge in [-0.05, 0) is 18.2 Å². The molecule has 0 atom stereocenters. The zero-order valence-corrected chi connectivity index (χ0v) is 9.24. The topological polar surface area (TPSA) is 87.3 Å². The van der Waals surface area contributed by atoms with E-state index in [9.17, 15) is 0 Å². The zero-order valence-electron chi connectivity index (χ0n) is 7.60. The third-order valence-corrected chi connectivity index (χ3v) is 1.41. The van der Waals surface area contributed by atoms with Gasteiger partial charge in [0.2, 0.25) is 0 Å². The van der Waals surface area contributed by atoms with Crippen molar-refractivity contribution in [1.82, 2.24) is 0 Å². The molecule has 14 heavy (non-hydrogen) atoms. The van der Waals surface area contributed by atoms with Crippen molar-refractivity contribution in [3.05, 3.63) is 18.2 Å². The van der Waals surface area contributed by atoms with Crippen LogP contribution in [0.1, 0.15) is 0 Å². The van der Waals surface area contributed by atoms with E-state index in [4.69, 9.17) is 21.9 Å². The van der Waals surface area contributed by atoms with Crippen molar-refractivity contribution >= 4 is 36.2 Å². The number of hydrogen-bond donors (Lipinski definition) is 3. The van der Waals surface area contributed by atoms with Gasteiger partial charge in [0.1, 0.15) is 12.4 Å². The van der Waals surface area contributed by atoms with Crippen molar-refractivity contribution in [1.29, 1.82) is 0 Å². The third-order valence-electron chi connectivity index (χ3n) is 1.41. The lowest BCUT2D eigenvalue weighted by Crippen LogP contribution is -2.11. The second-order valence-corrected chi connectivity index (χ2v) is 2.43. The molecular weight excluding hydrogens is 225 g/mol. The Balaban J connectivity index is 0. The molecule has 82 valence electrons. The molecule has 0 fully saturated rings. The molecule has 0 aliphatic rings. The summed E-state index contributed by atoms with van der Waals surface area (Å²) in [6, 6.07) is 5.13. The van der Waals surface area contributed by atoms with Crippen LogP contribution in [0.3, 0.4) is 0 Å². The van der Waals surface area contributed by atoms with Gasteiger partial charge in [0, 0.05) is 12.2 Å². The fourth-order valence-corrected chi connectivity index (χ4v) is 0.867. The molecular formula is C8H15Cl2N3O. The average Bonchev–Trinajstić information content (AvgIpc) is 2.03. The summed E-state index contributed by atoms with van der Waals surface area (Å²) in [6.45, 7) is 0.942. The van der Waals surface area contributed by atoms with Crippen LogP contribution in [0.2, 0.25) is 0 Å². The van der Waals surface area contributed by atoms with Gasteiger partial charge < -0.3 is 21.9 Å². The molecule has 0 aromatic heterocycles. The largest absolute Gasteiger partial charge is 0.490 e. The lowest BCUT2D eigenvalue weighted by atomic mass is 10.2. The summed E-state index contributed by atoms with van der Waals surface area (Å²) in [5.74, 6) is 0.634. The Morgan fingerprint density at radius 1 is 1.14 bits per heavy atom. The second kappa shape index (κ2) is 7.55. The van der Waals surface area contributed by atoms with Gasteiger partial charge >= 0.3 is 0 Å². The van der Waals surface area contributed by atoms with Crippen molar-refractivity contribution in [2.75, 3.05) is 24.6 Å². The number of halogens is 2. The lowest BCUT2D eigenvalue weighted by molar-refractivity contribution is 0.330. The summed E-state index contributed by atoms with van der Waals surface area (Å²) in [5, 5.41) is 0. The predicted molar refractivity (Wildman–Crippen MR) is 64.3 cm³/mol. The Bertz CT molecular complexity index is 271. The maximum absolute atomic E-state index is 5.62. The molecule has 4 nitrogen and oxygen atoms in total. The minimum atomic E-state index is 0. The Labute approximate surface area is 95.6 Å². The van der Waals surface area contributed by atoms with E-state index in [1.54, 1.807) is 18.2 Å². The third kappa shape index (κ3) is 4.41. The SMILES string of the molecule is Cl.Cl.NCCOc1ccc(N)cc1N. The Morgan fingerprint density at radius 2 is 1.79 bits per heavy atom. The molecule has 0 saturated heterocycles. The molecule has 0 bridgehead atoms. The molecule has 1 aromatic carbocycles. The van der Waals surface area contributed by atoms with E-state index in [1.165, 1.54) is 0 Å². The van der Waals surface area contributed by atoms with Crippen molar-refractivity contribution in [3.8, 4) is 5.75 Å². The van der Waals surface area contributed by atoms with Crippen LogP contribution in [-0.2, 0) is 0 Å². The zero-order chi connectivity index (χ0) is 8.97. The average molecular weight is 240 g/mol. The van der Waals surface area contributed by atoms with Crippen LogP contribution in [0, 0.1) is 0 Å². The first-order chi connectivity index (χ1) is 5.74. The van der Waals surface area contributed by atoms with Gasteiger partial charge in [0.15, 0.2) is 0 Å². The van der Waals surface area contributed by atoms with E-state index in [2.05, 4.69) is 0 Å². The quantitative estimate of drug-likeness (QED) is 0.688. The van der Waals surface area contributed by atoms with Crippen LogP contribution in [0.4, 0.5) is 11.4 Å². The van der Waals surface area contributed by atoms with E-state index < -0.39 is 0 Å². The summed E-state index contributed by atoms with van der Waals surface area (Å²) in [4.78, 5) is 0. The fourth-order valence-electron chi connectivity index (χ4n) is 0.867. The highest BCUT2D eigenvalue weighted by atomic mass is 35.5. The Hall–Kier alpha value is -0.840. The minimum absolute atomic E-state index is 0. The minimum Gasteiger partial charge on any atom is -0.490 e. The number of rotatable bonds is 3. The molecule has 1 rings (SSSR count). The number of nitrogen functional groups attached to an aromatic ring is 2. The molecule has 6 N–H and O–H groups in total. The maximum atomic E-state index is 5.62. The first-order valence-electron chi connectivity index (χ1n) is 3.72. The van der Waals surface area contributed by atoms with E-state index in [-0.39, 0.29) is 24.8 Å². The number of benzene rings is 1. The van der Waals surface area contributed by atoms with Gasteiger partial charge in [-0.1, -0.05) is 0 Å². The summed E-state index contributed by atoms with van der Waals surface area (Å²) in [6.07, 6.45) is 0. The highest BCUT2D eigenvalue weighted by Crippen LogP contribution is 2.22. The molecule has 0 spiro atoms. The monoisotopic (exact) mass is 239 g/mol. The van der Waals surface area contributed by atoms with Gasteiger partial charge in [-0.2, -0.15) is 0 Å². The molecule has 0 radical (unpaired) electrons. The van der Waals surface area contributed by atoms with Gasteiger partial charge in [-0.3, -0.25) is 0 Å². The van der Waals surface area contributed by atoms with Crippen molar-refractivity contribution in [2.45, 2.75) is 0 Å². The standard InChI is InChI=1S/C8H13N3O.2ClH/c9-3-4-12-8-2-1-6(10)5-7(8)11;;/h1-2,5H,3-4,9-11H2;2*1H. The maximum Gasteiger partial charge on any atom is 0.142 e. The Kier molecular flexibility index (Phi) is 8.43. The molecule has 0 heterocycles. The predicted octanol–water partition coefficient (Wildman–Crippen LogP) is 1.03. The molecule has 0 saturated carbocycles. The molecule has 0 aliphatic heterocycles. The normalized spacial score (nSPS) is 8.36. The summed E-state index contributed by atoms with van der Waals surface area (Å²) < 4.78 is 5.24. The van der Waals surface area contributed by atoms with Crippen molar-refractivity contribution in [3.63, 3.8) is 0 Å². The van der Waals surface area contributed by atoms with Gasteiger partial charge in [-0.25, -0.2) is 0 Å². The Morgan fingerprint density at radius 3 is 2.29 bits per heavy atom. The molecule has 0 unspecified atom stereocenters. The summed E-state index contributed by atoms with van der Waals surface area (Å²) in [7, 11) is 0. The first kappa shape index (κ1) is 15.6. The van der Waals surface area contributed by atoms with E-state index in [1.807, 2.05) is 0 Å². The summed E-state index contributed by atoms with van der Waals surface area (Å²) >= 11 is 0. The van der Waals surface area contributed by atoms with Gasteiger partial charge in [-0.15, -0.1) is 24.8 Å². The molecule has 0 amide bonds. The number of anilines is 2. The van der Waals surface area contributed by atoms with Gasteiger partial charge in [0.05, 0.1) is 5.69 Å². The van der Waals surface area contributed by atoms with Crippen LogP contribution < -0.4 is 21.9 Å². The van der Waals surface area contributed by atoms with Crippen LogP contribution in [-0.4, -0.2) is 13.2 Å². The first-order valence-corrected chi connectivity index (χ1v) is 3.72. The van der Waals surface area contributed by atoms with Crippen LogP contribution in [0.5, 0.6) is 5.75 Å². The highest BCUT2D eigenvalue weighted by Gasteiger charge is 1.98. The van der Waals surface area contributed by atoms with Crippen molar-refractivity contribution in [2.24, 2.45) is 5.73 Å². The van der Waals surface area contributed by atoms with Crippen LogP contribution in [0.15, 0.2) is 18.2 Å². The van der Waals surface area contributed by atoms with E-state index in [0.717, 1.165) is 0 Å². The van der Waals surface area contributed by atoms with E-state index >= 15 is 0 Å². The molecule has 1 aromatic rings. The van der Waals surface area contributed by atoms with Gasteiger partial charge in [0.25, 0.3) is 0 Å². The fraction of sp³-hybridized carbons (Fsp3) is 0.250. The van der Waals surface area contributed by atoms with Crippen LogP contribution in [0.25, 0.3) is 0 Å². The lowest BCUT2D eigenvalue weighted by Gasteiger charge is -2.07. The number of nitrogens with two attached hydrogens (primary N) is 3. The number of ether oxygens (including phenoxy) is 1. The highest BCUT2D eigenvalue weighted by molar-refractivity contribution is 5.85. The summed E-state index contributed by atoms with van der Waals surface area (Å²) in [5.41, 5.74) is 17.6. The molecule has 0 aliphatic carbocycles. The molecule has 6 heteroatoms. The van der Waals surface area contributed by atoms with Crippen molar-refractivity contribution < 1.29 is 4.74 Å². The van der Waals surface area contributed by atoms with Crippen LogP contribution >= 0.6 is 24.8 Å². The smallest absolute Gasteiger partial charge is 0.142 e. The van der Waals surface area contributed by atoms with E-state index in [0.29, 0.717) is 30.3 Å².